The number of amides is 1. The van der Waals surface area contributed by atoms with Crippen molar-refractivity contribution >= 4 is 33.3 Å². The summed E-state index contributed by atoms with van der Waals surface area (Å²) in [6.45, 7) is 3.82. The molecule has 0 aromatic heterocycles. The Bertz CT molecular complexity index is 1120. The van der Waals surface area contributed by atoms with Gasteiger partial charge >= 0.3 is 12.1 Å². The maximum Gasteiger partial charge on any atom is 0.394 e. The quantitative estimate of drug-likeness (QED) is 0.410. The van der Waals surface area contributed by atoms with E-state index in [1.165, 1.54) is 36.4 Å². The molecule has 1 amide bonds. The van der Waals surface area contributed by atoms with Crippen LogP contribution in [0.1, 0.15) is 27.2 Å². The van der Waals surface area contributed by atoms with Crippen LogP contribution in [0.25, 0.3) is 0 Å². The zero-order chi connectivity index (χ0) is 24.8. The Hall–Kier alpha value is -3.41. The molecule has 0 aliphatic carbocycles. The van der Waals surface area contributed by atoms with E-state index in [2.05, 4.69) is 14.8 Å². The van der Waals surface area contributed by atoms with Crippen LogP contribution in [0, 0.1) is 5.92 Å². The first-order valence-electron chi connectivity index (χ1n) is 9.86. The molecule has 2 aromatic carbocycles. The zero-order valence-electron chi connectivity index (χ0n) is 18.1. The second-order valence-electron chi connectivity index (χ2n) is 6.93. The lowest BCUT2D eigenvalue weighted by molar-refractivity contribution is -0.159. The first-order chi connectivity index (χ1) is 15.4. The zero-order valence-corrected chi connectivity index (χ0v) is 18.9. The molecule has 3 N–H and O–H groups in total. The summed E-state index contributed by atoms with van der Waals surface area (Å²) in [6.07, 6.45) is -3.38. The predicted octanol–water partition coefficient (Wildman–Crippen LogP) is 3.93. The van der Waals surface area contributed by atoms with E-state index < -0.39 is 33.9 Å². The standard InChI is InChI=1S/C21H24F2N2O7S/c1-4-16(20(27)28)19(26)24-13-9-10-18(17(12-13)31-5-2)33(29,30)25-14-7-6-8-15(11-14)32-21(3,22)23/h6-12,16,25H,4-5H2,1-3H3,(H,24,26)(H,27,28). The van der Waals surface area contributed by atoms with Crippen molar-refractivity contribution in [1.29, 1.82) is 0 Å². The molecule has 9 nitrogen and oxygen atoms in total. The average molecular weight is 486 g/mol. The van der Waals surface area contributed by atoms with Crippen LogP contribution in [-0.4, -0.2) is 38.1 Å². The number of carboxylic acids is 1. The molecule has 0 spiro atoms. The van der Waals surface area contributed by atoms with Crippen LogP contribution < -0.4 is 19.5 Å². The van der Waals surface area contributed by atoms with Gasteiger partial charge in [-0.05, 0) is 37.6 Å². The molecule has 180 valence electrons. The smallest absolute Gasteiger partial charge is 0.394 e. The number of carbonyl (C=O) groups excluding carboxylic acids is 1. The van der Waals surface area contributed by atoms with E-state index in [4.69, 9.17) is 9.84 Å². The highest BCUT2D eigenvalue weighted by Crippen LogP contribution is 2.31. The SMILES string of the molecule is CCOc1cc(NC(=O)C(CC)C(=O)O)ccc1S(=O)(=O)Nc1cccc(OC(C)(F)F)c1. The van der Waals surface area contributed by atoms with Gasteiger partial charge in [-0.25, -0.2) is 8.42 Å². The number of sulfonamides is 1. The Balaban J connectivity index is 2.32. The number of nitrogens with one attached hydrogen (secondary N) is 2. The van der Waals surface area contributed by atoms with Gasteiger partial charge in [0.25, 0.3) is 10.0 Å². The van der Waals surface area contributed by atoms with Crippen molar-refractivity contribution in [2.75, 3.05) is 16.6 Å². The van der Waals surface area contributed by atoms with Gasteiger partial charge in [-0.2, -0.15) is 8.78 Å². The minimum absolute atomic E-state index is 0.0242. The fourth-order valence-electron chi connectivity index (χ4n) is 2.82. The topological polar surface area (TPSA) is 131 Å². The lowest BCUT2D eigenvalue weighted by Gasteiger charge is -2.16. The Labute approximate surface area is 189 Å². The van der Waals surface area contributed by atoms with Gasteiger partial charge in [0.2, 0.25) is 5.91 Å². The fraction of sp³-hybridized carbons (Fsp3) is 0.333. The Kier molecular flexibility index (Phi) is 8.20. The van der Waals surface area contributed by atoms with Gasteiger partial charge in [0.05, 0.1) is 12.3 Å². The highest BCUT2D eigenvalue weighted by atomic mass is 32.2. The summed E-state index contributed by atoms with van der Waals surface area (Å²) in [5.74, 6) is -3.65. The second-order valence-corrected chi connectivity index (χ2v) is 8.58. The maximum absolute atomic E-state index is 13.1. The van der Waals surface area contributed by atoms with E-state index in [0.717, 1.165) is 6.07 Å². The van der Waals surface area contributed by atoms with E-state index in [1.807, 2.05) is 0 Å². The fourth-order valence-corrected chi connectivity index (χ4v) is 3.99. The second kappa shape index (κ2) is 10.5. The number of carboxylic acid groups (broad SMARTS) is 1. The summed E-state index contributed by atoms with van der Waals surface area (Å²) in [7, 11) is -4.23. The van der Waals surface area contributed by atoms with Crippen LogP contribution in [0.4, 0.5) is 20.2 Å². The van der Waals surface area contributed by atoms with E-state index in [-0.39, 0.29) is 40.8 Å². The molecule has 2 rings (SSSR count). The highest BCUT2D eigenvalue weighted by molar-refractivity contribution is 7.92. The number of benzene rings is 2. The van der Waals surface area contributed by atoms with Gasteiger partial charge in [0, 0.05) is 24.7 Å². The Morgan fingerprint density at radius 3 is 2.39 bits per heavy atom. The van der Waals surface area contributed by atoms with E-state index in [9.17, 15) is 26.8 Å². The van der Waals surface area contributed by atoms with Crippen molar-refractivity contribution in [2.24, 2.45) is 5.92 Å². The summed E-state index contributed by atoms with van der Waals surface area (Å²) in [5.41, 5.74) is 0.117. The molecule has 0 heterocycles. The van der Waals surface area contributed by atoms with Crippen molar-refractivity contribution in [2.45, 2.75) is 38.2 Å². The van der Waals surface area contributed by atoms with Crippen LogP contribution in [0.3, 0.4) is 0 Å². The average Bonchev–Trinajstić information content (AvgIpc) is 2.67. The van der Waals surface area contributed by atoms with Gasteiger partial charge in [0.1, 0.15) is 22.3 Å². The summed E-state index contributed by atoms with van der Waals surface area (Å²) in [5, 5.41) is 11.5. The van der Waals surface area contributed by atoms with Crippen molar-refractivity contribution in [1.82, 2.24) is 0 Å². The van der Waals surface area contributed by atoms with Crippen molar-refractivity contribution in [3.63, 3.8) is 0 Å². The van der Waals surface area contributed by atoms with Gasteiger partial charge in [-0.3, -0.25) is 14.3 Å². The van der Waals surface area contributed by atoms with Gasteiger partial charge in [-0.15, -0.1) is 0 Å². The third-order valence-corrected chi connectivity index (χ3v) is 5.63. The largest absolute Gasteiger partial charge is 0.492 e. The number of ether oxygens (including phenoxy) is 2. The van der Waals surface area contributed by atoms with Crippen LogP contribution in [0.2, 0.25) is 0 Å². The Morgan fingerprint density at radius 1 is 1.12 bits per heavy atom. The van der Waals surface area contributed by atoms with Crippen molar-refractivity contribution < 1.29 is 41.4 Å². The third kappa shape index (κ3) is 7.31. The summed E-state index contributed by atoms with van der Waals surface area (Å²) in [4.78, 5) is 23.1. The van der Waals surface area contributed by atoms with E-state index in [0.29, 0.717) is 6.92 Å². The minimum Gasteiger partial charge on any atom is -0.492 e. The number of aliphatic carboxylic acids is 1. The highest BCUT2D eigenvalue weighted by Gasteiger charge is 2.26. The molecule has 0 fully saturated rings. The van der Waals surface area contributed by atoms with Gasteiger partial charge in [0.15, 0.2) is 0 Å². The van der Waals surface area contributed by atoms with Crippen molar-refractivity contribution in [3.05, 3.63) is 42.5 Å². The van der Waals surface area contributed by atoms with Crippen LogP contribution >= 0.6 is 0 Å². The number of alkyl halides is 2. The lowest BCUT2D eigenvalue weighted by atomic mass is 10.1. The van der Waals surface area contributed by atoms with E-state index in [1.54, 1.807) is 13.8 Å². The third-order valence-electron chi connectivity index (χ3n) is 4.21. The minimum atomic E-state index is -4.23. The number of hydrogen-bond donors (Lipinski definition) is 3. The van der Waals surface area contributed by atoms with Gasteiger partial charge < -0.3 is 19.9 Å². The number of rotatable bonds is 11. The lowest BCUT2D eigenvalue weighted by Crippen LogP contribution is -2.29. The molecule has 0 saturated carbocycles. The number of anilines is 2. The van der Waals surface area contributed by atoms with E-state index >= 15 is 0 Å². The molecule has 0 aliphatic rings. The predicted molar refractivity (Wildman–Crippen MR) is 116 cm³/mol. The van der Waals surface area contributed by atoms with Crippen LogP contribution in [0.5, 0.6) is 11.5 Å². The van der Waals surface area contributed by atoms with Crippen LogP contribution in [-0.2, 0) is 19.6 Å². The summed E-state index contributed by atoms with van der Waals surface area (Å²) >= 11 is 0. The normalized spacial score (nSPS) is 12.5. The molecule has 12 heteroatoms. The molecule has 1 atom stereocenters. The molecule has 0 saturated heterocycles. The van der Waals surface area contributed by atoms with Gasteiger partial charge in [-0.1, -0.05) is 13.0 Å². The first-order valence-corrected chi connectivity index (χ1v) is 11.3. The summed E-state index contributed by atoms with van der Waals surface area (Å²) in [6, 6.07) is 8.74. The molecule has 1 unspecified atom stereocenters. The molecular formula is C21H24F2N2O7S. The van der Waals surface area contributed by atoms with Crippen molar-refractivity contribution in [3.8, 4) is 11.5 Å². The monoisotopic (exact) mass is 486 g/mol. The molecule has 0 bridgehead atoms. The summed E-state index contributed by atoms with van der Waals surface area (Å²) < 4.78 is 64.1. The molecule has 33 heavy (non-hydrogen) atoms. The molecule has 0 aliphatic heterocycles. The first kappa shape index (κ1) is 25.8. The molecule has 2 aromatic rings. The molecular weight excluding hydrogens is 462 g/mol. The molecule has 0 radical (unpaired) electrons. The van der Waals surface area contributed by atoms with Crippen LogP contribution in [0.15, 0.2) is 47.4 Å². The number of carbonyl (C=O) groups is 2. The maximum atomic E-state index is 13.1. The number of halogens is 2. The Morgan fingerprint density at radius 2 is 1.82 bits per heavy atom. The number of hydrogen-bond acceptors (Lipinski definition) is 6.